The van der Waals surface area contributed by atoms with E-state index in [1.807, 2.05) is 44.2 Å². The molecule has 0 bridgehead atoms. The van der Waals surface area contributed by atoms with Gasteiger partial charge in [-0.25, -0.2) is 9.59 Å². The van der Waals surface area contributed by atoms with E-state index in [0.29, 0.717) is 11.1 Å². The number of ether oxygens (including phenoxy) is 2. The van der Waals surface area contributed by atoms with Crippen molar-refractivity contribution in [3.8, 4) is 0 Å². The smallest absolute Gasteiger partial charge is 0.407 e. The molecule has 6 heteroatoms. The number of carbonyl (C=O) groups excluding carboxylic acids is 2. The van der Waals surface area contributed by atoms with E-state index in [4.69, 9.17) is 9.47 Å². The molecule has 0 aliphatic carbocycles. The molecule has 0 aromatic heterocycles. The summed E-state index contributed by atoms with van der Waals surface area (Å²) < 4.78 is 9.95. The predicted octanol–water partition coefficient (Wildman–Crippen LogP) is 3.46. The quantitative estimate of drug-likeness (QED) is 0.728. The fourth-order valence-corrected chi connectivity index (χ4v) is 2.69. The lowest BCUT2D eigenvalue weighted by atomic mass is 9.92. The molecule has 144 valence electrons. The molecule has 0 radical (unpaired) electrons. The molecule has 0 aliphatic heterocycles. The number of nitrogens with one attached hydrogen (secondary N) is 1. The number of carbonyl (C=O) groups is 2. The van der Waals surface area contributed by atoms with E-state index >= 15 is 0 Å². The second-order valence-electron chi connectivity index (χ2n) is 6.54. The summed E-state index contributed by atoms with van der Waals surface area (Å²) in [6.45, 7) is 3.91. The molecule has 0 saturated carbocycles. The first-order valence-electron chi connectivity index (χ1n) is 8.76. The lowest BCUT2D eigenvalue weighted by Gasteiger charge is -2.27. The molecule has 2 aromatic carbocycles. The van der Waals surface area contributed by atoms with Gasteiger partial charge in [-0.1, -0.05) is 56.3 Å². The van der Waals surface area contributed by atoms with E-state index in [0.717, 1.165) is 5.56 Å². The largest absolute Gasteiger partial charge is 0.465 e. The Balaban J connectivity index is 2.05. The zero-order valence-corrected chi connectivity index (χ0v) is 15.7. The van der Waals surface area contributed by atoms with Crippen LogP contribution in [-0.2, 0) is 16.1 Å². The predicted molar refractivity (Wildman–Crippen MR) is 101 cm³/mol. The van der Waals surface area contributed by atoms with Crippen LogP contribution in [0.25, 0.3) is 0 Å². The van der Waals surface area contributed by atoms with E-state index < -0.39 is 24.2 Å². The molecule has 2 atom stereocenters. The fraction of sp³-hybridized carbons (Fsp3) is 0.333. The zero-order chi connectivity index (χ0) is 19.8. The van der Waals surface area contributed by atoms with Gasteiger partial charge in [0.15, 0.2) is 0 Å². The summed E-state index contributed by atoms with van der Waals surface area (Å²) in [6.07, 6.45) is -1.61. The molecule has 0 heterocycles. The number of rotatable bonds is 7. The Labute approximate surface area is 159 Å². The average molecular weight is 371 g/mol. The normalized spacial score (nSPS) is 12.9. The first kappa shape index (κ1) is 20.5. The molecular weight excluding hydrogens is 346 g/mol. The Morgan fingerprint density at radius 1 is 1.07 bits per heavy atom. The standard InChI is InChI=1S/C21H25NO5/c1-14(2)18(22-21(25)27-13-15-8-5-4-6-9-15)19(23)16-10-7-11-17(12-16)20(24)26-3/h4-12,14,18-19,23H,13H2,1-3H3,(H,22,25)/t18-,19+/m0/s1. The van der Waals surface area contributed by atoms with Crippen molar-refractivity contribution in [3.05, 3.63) is 71.3 Å². The summed E-state index contributed by atoms with van der Waals surface area (Å²) in [6, 6.07) is 15.3. The first-order chi connectivity index (χ1) is 12.9. The monoisotopic (exact) mass is 371 g/mol. The highest BCUT2D eigenvalue weighted by Crippen LogP contribution is 2.23. The fourth-order valence-electron chi connectivity index (χ4n) is 2.69. The van der Waals surface area contributed by atoms with Crippen molar-refractivity contribution >= 4 is 12.1 Å². The van der Waals surface area contributed by atoms with E-state index in [9.17, 15) is 14.7 Å². The Morgan fingerprint density at radius 2 is 1.78 bits per heavy atom. The van der Waals surface area contributed by atoms with E-state index in [1.54, 1.807) is 24.3 Å². The van der Waals surface area contributed by atoms with Crippen molar-refractivity contribution in [2.45, 2.75) is 32.6 Å². The van der Waals surface area contributed by atoms with Crippen LogP contribution in [-0.4, -0.2) is 30.3 Å². The number of esters is 1. The van der Waals surface area contributed by atoms with Crippen molar-refractivity contribution in [3.63, 3.8) is 0 Å². The molecule has 2 aromatic rings. The molecule has 6 nitrogen and oxygen atoms in total. The van der Waals surface area contributed by atoms with Gasteiger partial charge in [0.05, 0.1) is 24.8 Å². The third-order valence-electron chi connectivity index (χ3n) is 4.20. The molecule has 27 heavy (non-hydrogen) atoms. The number of aliphatic hydroxyl groups is 1. The Morgan fingerprint density at radius 3 is 2.41 bits per heavy atom. The van der Waals surface area contributed by atoms with Crippen LogP contribution in [0, 0.1) is 5.92 Å². The van der Waals surface area contributed by atoms with Crippen molar-refractivity contribution in [2.75, 3.05) is 7.11 Å². The molecule has 1 amide bonds. The van der Waals surface area contributed by atoms with Crippen LogP contribution in [0.15, 0.2) is 54.6 Å². The summed E-state index contributed by atoms with van der Waals surface area (Å²) >= 11 is 0. The summed E-state index contributed by atoms with van der Waals surface area (Å²) in [5, 5.41) is 13.5. The van der Waals surface area contributed by atoms with Crippen molar-refractivity contribution in [1.29, 1.82) is 0 Å². The van der Waals surface area contributed by atoms with Crippen LogP contribution in [0.1, 0.15) is 41.4 Å². The number of hydrogen-bond donors (Lipinski definition) is 2. The first-order valence-corrected chi connectivity index (χ1v) is 8.76. The molecule has 0 saturated heterocycles. The van der Waals surface area contributed by atoms with Gasteiger partial charge in [0.25, 0.3) is 0 Å². The van der Waals surface area contributed by atoms with Gasteiger partial charge in [0.2, 0.25) is 0 Å². The number of benzene rings is 2. The summed E-state index contributed by atoms with van der Waals surface area (Å²) in [5.41, 5.74) is 1.73. The van der Waals surface area contributed by atoms with Gasteiger partial charge in [-0.05, 0) is 29.2 Å². The highest BCUT2D eigenvalue weighted by atomic mass is 16.5. The molecule has 0 aliphatic rings. The van der Waals surface area contributed by atoms with E-state index in [2.05, 4.69) is 5.32 Å². The highest BCUT2D eigenvalue weighted by molar-refractivity contribution is 5.89. The van der Waals surface area contributed by atoms with Crippen LogP contribution in [0.5, 0.6) is 0 Å². The van der Waals surface area contributed by atoms with Crippen LogP contribution in [0.2, 0.25) is 0 Å². The van der Waals surface area contributed by atoms with Gasteiger partial charge in [-0.2, -0.15) is 0 Å². The van der Waals surface area contributed by atoms with Gasteiger partial charge in [-0.15, -0.1) is 0 Å². The Hall–Kier alpha value is -2.86. The highest BCUT2D eigenvalue weighted by Gasteiger charge is 2.27. The van der Waals surface area contributed by atoms with Gasteiger partial charge in [-0.3, -0.25) is 0 Å². The number of aliphatic hydroxyl groups excluding tert-OH is 1. The SMILES string of the molecule is COC(=O)c1cccc([C@@H](O)[C@@H](NC(=O)OCc2ccccc2)C(C)C)c1. The maximum Gasteiger partial charge on any atom is 0.407 e. The van der Waals surface area contributed by atoms with Crippen LogP contribution < -0.4 is 5.32 Å². The van der Waals surface area contributed by atoms with Crippen LogP contribution in [0.3, 0.4) is 0 Å². The van der Waals surface area contributed by atoms with Crippen molar-refractivity contribution in [1.82, 2.24) is 5.32 Å². The second kappa shape index (κ2) is 9.73. The summed E-state index contributed by atoms with van der Waals surface area (Å²) in [4.78, 5) is 23.9. The molecule has 2 rings (SSSR count). The van der Waals surface area contributed by atoms with E-state index in [-0.39, 0.29) is 12.5 Å². The van der Waals surface area contributed by atoms with Crippen molar-refractivity contribution in [2.24, 2.45) is 5.92 Å². The molecule has 0 fully saturated rings. The molecule has 2 N–H and O–H groups in total. The van der Waals surface area contributed by atoms with Gasteiger partial charge in [0, 0.05) is 0 Å². The van der Waals surface area contributed by atoms with Crippen LogP contribution in [0.4, 0.5) is 4.79 Å². The maximum absolute atomic E-state index is 12.2. The minimum Gasteiger partial charge on any atom is -0.465 e. The second-order valence-corrected chi connectivity index (χ2v) is 6.54. The van der Waals surface area contributed by atoms with E-state index in [1.165, 1.54) is 7.11 Å². The van der Waals surface area contributed by atoms with Gasteiger partial charge < -0.3 is 19.9 Å². The maximum atomic E-state index is 12.2. The minimum absolute atomic E-state index is 0.0638. The number of amides is 1. The Kier molecular flexibility index (Phi) is 7.37. The number of hydrogen-bond acceptors (Lipinski definition) is 5. The Bertz CT molecular complexity index is 760. The lowest BCUT2D eigenvalue weighted by Crippen LogP contribution is -2.43. The van der Waals surface area contributed by atoms with Crippen LogP contribution >= 0.6 is 0 Å². The number of methoxy groups -OCH3 is 1. The molecular formula is C21H25NO5. The van der Waals surface area contributed by atoms with Crippen molar-refractivity contribution < 1.29 is 24.2 Å². The van der Waals surface area contributed by atoms with Gasteiger partial charge >= 0.3 is 12.1 Å². The average Bonchev–Trinajstić information content (AvgIpc) is 2.70. The minimum atomic E-state index is -1.00. The molecule has 0 spiro atoms. The third-order valence-corrected chi connectivity index (χ3v) is 4.20. The summed E-state index contributed by atoms with van der Waals surface area (Å²) in [5.74, 6) is -0.550. The summed E-state index contributed by atoms with van der Waals surface area (Å²) in [7, 11) is 1.30. The lowest BCUT2D eigenvalue weighted by molar-refractivity contribution is 0.0599. The molecule has 0 unspecified atom stereocenters. The zero-order valence-electron chi connectivity index (χ0n) is 15.7. The van der Waals surface area contributed by atoms with Gasteiger partial charge in [0.1, 0.15) is 6.61 Å². The number of alkyl carbamates (subject to hydrolysis) is 1. The topological polar surface area (TPSA) is 84.9 Å². The third kappa shape index (κ3) is 5.82.